The Morgan fingerprint density at radius 3 is 1.71 bits per heavy atom. The fourth-order valence-corrected chi connectivity index (χ4v) is 5.18. The van der Waals surface area contributed by atoms with Crippen molar-refractivity contribution >= 4 is 29.3 Å². The third-order valence-electron chi connectivity index (χ3n) is 7.74. The van der Waals surface area contributed by atoms with E-state index in [2.05, 4.69) is 11.0 Å². The van der Waals surface area contributed by atoms with Gasteiger partial charge in [0, 0.05) is 0 Å². The molecule has 0 radical (unpaired) electrons. The number of aryl methyl sites for hydroxylation is 3. The van der Waals surface area contributed by atoms with Gasteiger partial charge >= 0.3 is 17.9 Å². The van der Waals surface area contributed by atoms with Gasteiger partial charge in [0.2, 0.25) is 0 Å². The van der Waals surface area contributed by atoms with Crippen LogP contribution in [0.3, 0.4) is 0 Å². The zero-order valence-corrected chi connectivity index (χ0v) is 25.1. The molecule has 2 heterocycles. The van der Waals surface area contributed by atoms with E-state index in [4.69, 9.17) is 18.9 Å². The van der Waals surface area contributed by atoms with Gasteiger partial charge < -0.3 is 24.4 Å². The average molecular weight is 608 g/mol. The van der Waals surface area contributed by atoms with E-state index in [0.29, 0.717) is 16.7 Å². The van der Waals surface area contributed by atoms with Crippen LogP contribution in [0.2, 0.25) is 0 Å². The second-order valence-electron chi connectivity index (χ2n) is 11.1. The van der Waals surface area contributed by atoms with Crippen molar-refractivity contribution in [3.63, 3.8) is 0 Å². The molecule has 45 heavy (non-hydrogen) atoms. The zero-order valence-electron chi connectivity index (χ0n) is 25.1. The van der Waals surface area contributed by atoms with Crippen molar-refractivity contribution in [1.82, 2.24) is 5.53 Å². The molecule has 0 aromatic heterocycles. The Balaban J connectivity index is 1.33. The number of para-hydroxylation sites is 2. The van der Waals surface area contributed by atoms with Crippen LogP contribution in [0.15, 0.2) is 97.1 Å². The van der Waals surface area contributed by atoms with Crippen molar-refractivity contribution in [2.24, 2.45) is 0 Å². The number of rotatable bonds is 8. The lowest BCUT2D eigenvalue weighted by Crippen LogP contribution is -2.52. The highest BCUT2D eigenvalue weighted by Crippen LogP contribution is 2.37. The van der Waals surface area contributed by atoms with E-state index in [1.165, 1.54) is 0 Å². The van der Waals surface area contributed by atoms with Gasteiger partial charge in [-0.05, 0) is 69.3 Å². The number of nitrogens with one attached hydrogen (secondary N) is 2. The van der Waals surface area contributed by atoms with E-state index >= 15 is 0 Å². The molecule has 1 saturated heterocycles. The third kappa shape index (κ3) is 6.52. The van der Waals surface area contributed by atoms with Crippen LogP contribution in [-0.2, 0) is 18.9 Å². The smallest absolute Gasteiger partial charge is 0.338 e. The number of hydrogen-bond donors (Lipinski definition) is 2. The summed E-state index contributed by atoms with van der Waals surface area (Å²) >= 11 is 0. The number of hydrazine groups is 2. The van der Waals surface area contributed by atoms with Crippen LogP contribution in [0.25, 0.3) is 0 Å². The second-order valence-corrected chi connectivity index (χ2v) is 11.1. The molecule has 4 atom stereocenters. The maximum Gasteiger partial charge on any atom is 0.338 e. The lowest BCUT2D eigenvalue weighted by molar-refractivity contribution is -0.0452. The summed E-state index contributed by atoms with van der Waals surface area (Å²) in [4.78, 5) is 39.9. The Morgan fingerprint density at radius 1 is 0.667 bits per heavy atom. The van der Waals surface area contributed by atoms with Crippen LogP contribution in [-0.4, -0.2) is 49.1 Å². The lowest BCUT2D eigenvalue weighted by atomic mass is 10.1. The number of nitrogens with zero attached hydrogens (tertiary/aromatic N) is 1. The summed E-state index contributed by atoms with van der Waals surface area (Å²) in [5.74, 6) is -1.82. The summed E-state index contributed by atoms with van der Waals surface area (Å²) in [5, 5.41) is 1.66. The Labute approximate surface area is 260 Å². The van der Waals surface area contributed by atoms with Gasteiger partial charge in [-0.2, -0.15) is 0 Å². The minimum atomic E-state index is -1.14. The summed E-state index contributed by atoms with van der Waals surface area (Å²) < 4.78 is 24.2. The van der Waals surface area contributed by atoms with E-state index in [-0.39, 0.29) is 6.61 Å². The molecule has 2 aliphatic heterocycles. The number of esters is 3. The first-order chi connectivity index (χ1) is 21.8. The summed E-state index contributed by atoms with van der Waals surface area (Å²) in [6.45, 7) is 5.49. The third-order valence-corrected chi connectivity index (χ3v) is 7.74. The normalized spacial score (nSPS) is 20.2. The highest BCUT2D eigenvalue weighted by Gasteiger charge is 2.54. The van der Waals surface area contributed by atoms with E-state index in [9.17, 15) is 14.4 Å². The Morgan fingerprint density at radius 2 is 1.16 bits per heavy atom. The monoisotopic (exact) mass is 607 g/mol. The maximum absolute atomic E-state index is 13.5. The predicted octanol–water partition coefficient (Wildman–Crippen LogP) is 5.30. The molecule has 0 saturated carbocycles. The Kier molecular flexibility index (Phi) is 8.50. The second kappa shape index (κ2) is 12.8. The van der Waals surface area contributed by atoms with Gasteiger partial charge in [0.15, 0.2) is 18.4 Å². The van der Waals surface area contributed by atoms with E-state index in [0.717, 1.165) is 28.1 Å². The standard InChI is InChI=1S/C35H33N3O7/c1-21-8-14-24(15-9-21)33(39)42-20-29-30(44-34(40)25-16-10-22(2)11-17-25)31(45-35(41)26-18-12-23(3)13-19-26)32(43-29)38-28-7-5-4-6-27(28)36-37-38/h4-19,29-32,36-37H,20H2,1-3H3/t29-,30-,31+,32-/m0/s1. The molecule has 0 unspecified atom stereocenters. The van der Waals surface area contributed by atoms with Crippen LogP contribution < -0.4 is 16.0 Å². The molecule has 10 nitrogen and oxygen atoms in total. The molecule has 0 spiro atoms. The summed E-state index contributed by atoms with van der Waals surface area (Å²) in [6, 6.07) is 28.3. The fraction of sp³-hybridized carbons (Fsp3) is 0.229. The number of carbonyl (C=O) groups excluding carboxylic acids is 3. The van der Waals surface area contributed by atoms with Crippen LogP contribution in [0.1, 0.15) is 47.8 Å². The molecule has 6 rings (SSSR count). The molecule has 230 valence electrons. The molecule has 2 aliphatic rings. The van der Waals surface area contributed by atoms with Crippen molar-refractivity contribution in [2.75, 3.05) is 17.0 Å². The molecule has 0 aliphatic carbocycles. The van der Waals surface area contributed by atoms with E-state index in [1.807, 2.05) is 69.3 Å². The number of fused-ring (bicyclic) bond motifs is 1. The first-order valence-corrected chi connectivity index (χ1v) is 14.6. The van der Waals surface area contributed by atoms with Gasteiger partial charge in [0.05, 0.1) is 28.1 Å². The Hall–Kier alpha value is -5.19. The summed E-state index contributed by atoms with van der Waals surface area (Å²) in [6.07, 6.45) is -4.23. The quantitative estimate of drug-likeness (QED) is 0.202. The highest BCUT2D eigenvalue weighted by molar-refractivity contribution is 5.91. The lowest BCUT2D eigenvalue weighted by Gasteiger charge is -2.30. The van der Waals surface area contributed by atoms with E-state index < -0.39 is 42.4 Å². The zero-order chi connectivity index (χ0) is 31.5. The number of anilines is 2. The molecule has 1 fully saturated rings. The van der Waals surface area contributed by atoms with Crippen molar-refractivity contribution in [2.45, 2.75) is 45.3 Å². The largest absolute Gasteiger partial charge is 0.459 e. The minimum absolute atomic E-state index is 0.267. The van der Waals surface area contributed by atoms with Crippen molar-refractivity contribution < 1.29 is 33.3 Å². The molecule has 0 amide bonds. The average Bonchev–Trinajstić information content (AvgIpc) is 3.62. The topological polar surface area (TPSA) is 115 Å². The fourth-order valence-electron chi connectivity index (χ4n) is 5.18. The van der Waals surface area contributed by atoms with Crippen LogP contribution in [0.4, 0.5) is 11.4 Å². The van der Waals surface area contributed by atoms with Crippen molar-refractivity contribution in [3.05, 3.63) is 130 Å². The first-order valence-electron chi connectivity index (χ1n) is 14.6. The molecule has 4 aromatic carbocycles. The van der Waals surface area contributed by atoms with Crippen molar-refractivity contribution in [3.8, 4) is 0 Å². The number of carbonyl (C=O) groups is 3. The molecule has 2 N–H and O–H groups in total. The summed E-state index contributed by atoms with van der Waals surface area (Å²) in [7, 11) is 0. The van der Waals surface area contributed by atoms with Crippen LogP contribution in [0, 0.1) is 20.8 Å². The molecule has 0 bridgehead atoms. The molecule has 4 aromatic rings. The minimum Gasteiger partial charge on any atom is -0.459 e. The van der Waals surface area contributed by atoms with Gasteiger partial charge in [-0.1, -0.05) is 65.2 Å². The SMILES string of the molecule is Cc1ccc(C(=O)OC[C@@H]2O[C@H](N3NNc4ccccc43)[C@H](OC(=O)c3ccc(C)cc3)[C@H]2OC(=O)c2ccc(C)cc2)cc1. The number of benzene rings is 4. The van der Waals surface area contributed by atoms with Gasteiger partial charge in [-0.15, -0.1) is 5.53 Å². The van der Waals surface area contributed by atoms with Gasteiger partial charge in [-0.3, -0.25) is 5.01 Å². The maximum atomic E-state index is 13.5. The number of ether oxygens (including phenoxy) is 4. The van der Waals surface area contributed by atoms with Crippen molar-refractivity contribution in [1.29, 1.82) is 0 Å². The van der Waals surface area contributed by atoms with Gasteiger partial charge in [0.25, 0.3) is 0 Å². The predicted molar refractivity (Wildman–Crippen MR) is 167 cm³/mol. The molecule has 10 heteroatoms. The first kappa shape index (κ1) is 29.9. The summed E-state index contributed by atoms with van der Waals surface area (Å²) in [5.41, 5.74) is 11.6. The van der Waals surface area contributed by atoms with Crippen LogP contribution in [0.5, 0.6) is 0 Å². The molecular weight excluding hydrogens is 574 g/mol. The molecular formula is C35H33N3O7. The van der Waals surface area contributed by atoms with Gasteiger partial charge in [-0.25, -0.2) is 14.4 Å². The van der Waals surface area contributed by atoms with Gasteiger partial charge in [0.1, 0.15) is 12.7 Å². The number of hydrogen-bond acceptors (Lipinski definition) is 10. The van der Waals surface area contributed by atoms with E-state index in [1.54, 1.807) is 53.5 Å². The highest BCUT2D eigenvalue weighted by atomic mass is 16.7. The Bertz CT molecular complexity index is 1690. The van der Waals surface area contributed by atoms with Crippen LogP contribution >= 0.6 is 0 Å².